The molecule has 0 saturated carbocycles. The van der Waals surface area contributed by atoms with Crippen molar-refractivity contribution < 1.29 is 0 Å². The smallest absolute Gasteiger partial charge is 0.0663 e. The Morgan fingerprint density at radius 1 is 1.12 bits per heavy atom. The molecule has 1 unspecified atom stereocenters. The maximum absolute atomic E-state index is 6.26. The third-order valence-electron chi connectivity index (χ3n) is 2.81. The van der Waals surface area contributed by atoms with Crippen molar-refractivity contribution in [2.24, 2.45) is 5.73 Å². The van der Waals surface area contributed by atoms with E-state index in [1.165, 1.54) is 0 Å². The summed E-state index contributed by atoms with van der Waals surface area (Å²) in [7, 11) is 0. The molecule has 4 heteroatoms. The molecule has 1 aromatic carbocycles. The van der Waals surface area contributed by atoms with E-state index in [4.69, 9.17) is 28.9 Å². The van der Waals surface area contributed by atoms with Gasteiger partial charge in [0.25, 0.3) is 0 Å². The number of halogens is 2. The minimum Gasteiger partial charge on any atom is -0.320 e. The maximum atomic E-state index is 6.26. The van der Waals surface area contributed by atoms with Crippen molar-refractivity contribution in [2.45, 2.75) is 19.9 Å². The van der Waals surface area contributed by atoms with Crippen LogP contribution < -0.4 is 5.73 Å². The predicted molar refractivity (Wildman–Crippen MR) is 76.3 cm³/mol. The van der Waals surface area contributed by atoms with Crippen LogP contribution in [0.1, 0.15) is 27.6 Å². The van der Waals surface area contributed by atoms with Crippen LogP contribution in [0, 0.1) is 13.8 Å². The molecule has 0 aliphatic heterocycles. The second-order valence-corrected chi connectivity index (χ2v) is 5.83. The van der Waals surface area contributed by atoms with E-state index in [0.29, 0.717) is 0 Å². The average molecular weight is 286 g/mol. The Bertz CT molecular complexity index is 548. The molecule has 0 aliphatic carbocycles. The van der Waals surface area contributed by atoms with Crippen LogP contribution in [-0.2, 0) is 0 Å². The molecular weight excluding hydrogens is 273 g/mol. The summed E-state index contributed by atoms with van der Waals surface area (Å²) in [5.74, 6) is 0. The SMILES string of the molecule is Cc1cc(C(N)c2sccc2Cl)c(C)cc1Cl. The van der Waals surface area contributed by atoms with Gasteiger partial charge in [-0.3, -0.25) is 0 Å². The lowest BCUT2D eigenvalue weighted by molar-refractivity contribution is 0.880. The van der Waals surface area contributed by atoms with Crippen LogP contribution in [0.25, 0.3) is 0 Å². The fourth-order valence-electron chi connectivity index (χ4n) is 1.81. The summed E-state index contributed by atoms with van der Waals surface area (Å²) < 4.78 is 0. The van der Waals surface area contributed by atoms with Crippen LogP contribution in [-0.4, -0.2) is 0 Å². The fraction of sp³-hybridized carbons (Fsp3) is 0.231. The van der Waals surface area contributed by atoms with Gasteiger partial charge in [-0.05, 0) is 48.1 Å². The van der Waals surface area contributed by atoms with Crippen LogP contribution >= 0.6 is 34.5 Å². The number of thiophene rings is 1. The third kappa shape index (κ3) is 2.50. The predicted octanol–water partition coefficient (Wildman–Crippen LogP) is 4.72. The van der Waals surface area contributed by atoms with E-state index < -0.39 is 0 Å². The number of hydrogen-bond donors (Lipinski definition) is 1. The largest absolute Gasteiger partial charge is 0.320 e. The number of aryl methyl sites for hydroxylation is 2. The van der Waals surface area contributed by atoms with E-state index in [0.717, 1.165) is 31.6 Å². The van der Waals surface area contributed by atoms with Gasteiger partial charge in [0.1, 0.15) is 0 Å². The number of hydrogen-bond acceptors (Lipinski definition) is 2. The van der Waals surface area contributed by atoms with Gasteiger partial charge in [-0.2, -0.15) is 0 Å². The Morgan fingerprint density at radius 2 is 1.82 bits per heavy atom. The maximum Gasteiger partial charge on any atom is 0.0663 e. The first-order chi connectivity index (χ1) is 8.00. The highest BCUT2D eigenvalue weighted by atomic mass is 35.5. The molecule has 1 heterocycles. The molecule has 1 nitrogen and oxygen atoms in total. The van der Waals surface area contributed by atoms with Crippen LogP contribution in [0.2, 0.25) is 10.0 Å². The molecule has 2 aromatic rings. The van der Waals surface area contributed by atoms with E-state index in [-0.39, 0.29) is 6.04 Å². The van der Waals surface area contributed by atoms with E-state index >= 15 is 0 Å². The molecule has 0 radical (unpaired) electrons. The van der Waals surface area contributed by atoms with Gasteiger partial charge < -0.3 is 5.73 Å². The summed E-state index contributed by atoms with van der Waals surface area (Å²) in [6.07, 6.45) is 0. The molecule has 0 bridgehead atoms. The zero-order valence-corrected chi connectivity index (χ0v) is 12.0. The van der Waals surface area contributed by atoms with E-state index in [1.807, 2.05) is 37.4 Å². The molecule has 1 aromatic heterocycles. The summed E-state index contributed by atoms with van der Waals surface area (Å²) in [6, 6.07) is 5.68. The lowest BCUT2D eigenvalue weighted by Crippen LogP contribution is -2.12. The van der Waals surface area contributed by atoms with Gasteiger partial charge in [0.2, 0.25) is 0 Å². The zero-order valence-electron chi connectivity index (χ0n) is 9.63. The molecule has 1 atom stereocenters. The lowest BCUT2D eigenvalue weighted by Gasteiger charge is -2.15. The topological polar surface area (TPSA) is 26.0 Å². The first-order valence-corrected chi connectivity index (χ1v) is 6.89. The van der Waals surface area contributed by atoms with Gasteiger partial charge in [0.15, 0.2) is 0 Å². The Hall–Kier alpha value is -0.540. The Labute approximate surface area is 115 Å². The van der Waals surface area contributed by atoms with E-state index in [9.17, 15) is 0 Å². The molecular formula is C13H13Cl2NS. The summed E-state index contributed by atoms with van der Waals surface area (Å²) in [5.41, 5.74) is 9.48. The van der Waals surface area contributed by atoms with Crippen LogP contribution in [0.5, 0.6) is 0 Å². The molecule has 0 fully saturated rings. The number of nitrogens with two attached hydrogens (primary N) is 1. The van der Waals surface area contributed by atoms with E-state index in [1.54, 1.807) is 11.3 Å². The van der Waals surface area contributed by atoms with Crippen LogP contribution in [0.3, 0.4) is 0 Å². The second kappa shape index (κ2) is 4.99. The van der Waals surface area contributed by atoms with Gasteiger partial charge in [0, 0.05) is 9.90 Å². The summed E-state index contributed by atoms with van der Waals surface area (Å²) in [5, 5.41) is 3.46. The first-order valence-electron chi connectivity index (χ1n) is 5.26. The molecule has 90 valence electrons. The highest BCUT2D eigenvalue weighted by Crippen LogP contribution is 2.34. The van der Waals surface area contributed by atoms with Crippen molar-refractivity contribution in [1.82, 2.24) is 0 Å². The van der Waals surface area contributed by atoms with Crippen molar-refractivity contribution >= 4 is 34.5 Å². The van der Waals surface area contributed by atoms with Crippen molar-refractivity contribution in [3.8, 4) is 0 Å². The van der Waals surface area contributed by atoms with Gasteiger partial charge in [0.05, 0.1) is 11.1 Å². The molecule has 2 N–H and O–H groups in total. The summed E-state index contributed by atoms with van der Waals surface area (Å²) >= 11 is 13.8. The number of rotatable bonds is 2. The number of benzene rings is 1. The Kier molecular flexibility index (Phi) is 3.79. The molecule has 0 aliphatic rings. The normalized spacial score (nSPS) is 12.8. The third-order valence-corrected chi connectivity index (χ3v) is 4.66. The Morgan fingerprint density at radius 3 is 2.41 bits per heavy atom. The van der Waals surface area contributed by atoms with Crippen LogP contribution in [0.4, 0.5) is 0 Å². The zero-order chi connectivity index (χ0) is 12.6. The quantitative estimate of drug-likeness (QED) is 0.849. The highest BCUT2D eigenvalue weighted by Gasteiger charge is 2.16. The lowest BCUT2D eigenvalue weighted by atomic mass is 9.98. The molecule has 17 heavy (non-hydrogen) atoms. The van der Waals surface area contributed by atoms with Gasteiger partial charge >= 0.3 is 0 Å². The van der Waals surface area contributed by atoms with Gasteiger partial charge in [-0.25, -0.2) is 0 Å². The van der Waals surface area contributed by atoms with Crippen molar-refractivity contribution in [1.29, 1.82) is 0 Å². The first kappa shape index (κ1) is 12.9. The molecule has 0 saturated heterocycles. The van der Waals surface area contributed by atoms with Crippen LogP contribution in [0.15, 0.2) is 23.6 Å². The summed E-state index contributed by atoms with van der Waals surface area (Å²) in [6.45, 7) is 4.00. The van der Waals surface area contributed by atoms with Crippen molar-refractivity contribution in [3.63, 3.8) is 0 Å². The van der Waals surface area contributed by atoms with Gasteiger partial charge in [-0.1, -0.05) is 29.3 Å². The van der Waals surface area contributed by atoms with Crippen molar-refractivity contribution in [3.05, 3.63) is 55.2 Å². The molecule has 0 spiro atoms. The van der Waals surface area contributed by atoms with Crippen molar-refractivity contribution in [2.75, 3.05) is 0 Å². The standard InChI is InChI=1S/C13H13Cl2NS/c1-7-6-11(15)8(2)5-9(7)12(16)13-10(14)3-4-17-13/h3-6,12H,16H2,1-2H3. The molecule has 0 amide bonds. The second-order valence-electron chi connectivity index (χ2n) is 4.07. The Balaban J connectivity index is 2.48. The average Bonchev–Trinajstić information content (AvgIpc) is 2.69. The van der Waals surface area contributed by atoms with E-state index in [2.05, 4.69) is 0 Å². The monoisotopic (exact) mass is 285 g/mol. The minimum atomic E-state index is -0.182. The highest BCUT2D eigenvalue weighted by molar-refractivity contribution is 7.10. The summed E-state index contributed by atoms with van der Waals surface area (Å²) in [4.78, 5) is 0.997. The fourth-order valence-corrected chi connectivity index (χ4v) is 3.22. The molecule has 2 rings (SSSR count). The van der Waals surface area contributed by atoms with Gasteiger partial charge in [-0.15, -0.1) is 11.3 Å². The minimum absolute atomic E-state index is 0.182.